The Morgan fingerprint density at radius 1 is 1.18 bits per heavy atom. The molecule has 0 spiro atoms. The van der Waals surface area contributed by atoms with Crippen LogP contribution >= 0.6 is 11.6 Å². The van der Waals surface area contributed by atoms with Crippen LogP contribution in [0.25, 0.3) is 10.9 Å². The number of carbonyl (C=O) groups is 2. The van der Waals surface area contributed by atoms with Crippen LogP contribution in [0.2, 0.25) is 5.02 Å². The van der Waals surface area contributed by atoms with Crippen LogP contribution in [0.15, 0.2) is 48.7 Å². The molecule has 0 fully saturated rings. The number of fused-ring (bicyclic) bond motifs is 1. The van der Waals surface area contributed by atoms with Crippen molar-refractivity contribution >= 4 is 40.0 Å². The van der Waals surface area contributed by atoms with Crippen molar-refractivity contribution in [3.8, 4) is 0 Å². The summed E-state index contributed by atoms with van der Waals surface area (Å²) in [6, 6.07) is 13.5. The van der Waals surface area contributed by atoms with Gasteiger partial charge in [-0.1, -0.05) is 29.8 Å². The Balaban J connectivity index is 1.53. The maximum absolute atomic E-state index is 12.3. The highest BCUT2D eigenvalue weighted by molar-refractivity contribution is 6.30. The lowest BCUT2D eigenvalue weighted by Gasteiger charge is -2.23. The normalized spacial score (nSPS) is 10.8. The van der Waals surface area contributed by atoms with Crippen LogP contribution < -0.4 is 10.2 Å². The standard InChI is InChI=1S/C22H24ClN3O2/c1-15-13-18(23)7-8-21(15)26(16(2)27)12-10-22(28)24-11-9-17-14-25-20-6-4-3-5-19(17)20/h3-8,13-14,25H,9-12H2,1-2H3,(H,24,28). The fraction of sp³-hybridized carbons (Fsp3) is 0.273. The summed E-state index contributed by atoms with van der Waals surface area (Å²) in [7, 11) is 0. The summed E-state index contributed by atoms with van der Waals surface area (Å²) >= 11 is 5.99. The van der Waals surface area contributed by atoms with Gasteiger partial charge in [-0.05, 0) is 48.7 Å². The predicted molar refractivity (Wildman–Crippen MR) is 114 cm³/mol. The van der Waals surface area contributed by atoms with Crippen molar-refractivity contribution in [2.75, 3.05) is 18.0 Å². The average molecular weight is 398 g/mol. The molecule has 2 N–H and O–H groups in total. The Morgan fingerprint density at radius 3 is 2.71 bits per heavy atom. The van der Waals surface area contributed by atoms with Crippen LogP contribution in [0, 0.1) is 6.92 Å². The third-order valence-electron chi connectivity index (χ3n) is 4.78. The summed E-state index contributed by atoms with van der Waals surface area (Å²) in [6.45, 7) is 4.29. The number of carbonyl (C=O) groups excluding carboxylic acids is 2. The molecule has 1 heterocycles. The van der Waals surface area contributed by atoms with Gasteiger partial charge in [0.15, 0.2) is 0 Å². The van der Waals surface area contributed by atoms with E-state index in [-0.39, 0.29) is 18.2 Å². The minimum atomic E-state index is -0.1000. The lowest BCUT2D eigenvalue weighted by atomic mass is 10.1. The van der Waals surface area contributed by atoms with Crippen molar-refractivity contribution in [3.05, 3.63) is 64.8 Å². The third kappa shape index (κ3) is 4.73. The van der Waals surface area contributed by atoms with Crippen molar-refractivity contribution < 1.29 is 9.59 Å². The molecule has 0 aliphatic rings. The fourth-order valence-corrected chi connectivity index (χ4v) is 3.57. The molecule has 0 atom stereocenters. The largest absolute Gasteiger partial charge is 0.361 e. The zero-order valence-corrected chi connectivity index (χ0v) is 16.8. The van der Waals surface area contributed by atoms with Crippen LogP contribution in [-0.4, -0.2) is 29.9 Å². The smallest absolute Gasteiger partial charge is 0.223 e. The molecule has 0 saturated carbocycles. The Bertz CT molecular complexity index is 996. The number of nitrogens with one attached hydrogen (secondary N) is 2. The van der Waals surface area contributed by atoms with Crippen molar-refractivity contribution in [2.45, 2.75) is 26.7 Å². The van der Waals surface area contributed by atoms with Crippen molar-refractivity contribution in [2.24, 2.45) is 0 Å². The van der Waals surface area contributed by atoms with Crippen molar-refractivity contribution in [3.63, 3.8) is 0 Å². The highest BCUT2D eigenvalue weighted by Crippen LogP contribution is 2.24. The number of benzene rings is 2. The molecular formula is C22H24ClN3O2. The Hall–Kier alpha value is -2.79. The van der Waals surface area contributed by atoms with Gasteiger partial charge >= 0.3 is 0 Å². The van der Waals surface area contributed by atoms with Crippen LogP contribution in [0.5, 0.6) is 0 Å². The summed E-state index contributed by atoms with van der Waals surface area (Å²) in [5, 5.41) is 4.75. The first-order valence-corrected chi connectivity index (χ1v) is 9.69. The van der Waals surface area contributed by atoms with E-state index in [0.29, 0.717) is 18.1 Å². The molecule has 0 unspecified atom stereocenters. The number of H-pyrrole nitrogens is 1. The molecule has 0 radical (unpaired) electrons. The van der Waals surface area contributed by atoms with Gasteiger partial charge in [-0.25, -0.2) is 0 Å². The van der Waals surface area contributed by atoms with E-state index in [2.05, 4.69) is 16.4 Å². The van der Waals surface area contributed by atoms with Gasteiger partial charge in [0.05, 0.1) is 0 Å². The highest BCUT2D eigenvalue weighted by atomic mass is 35.5. The molecule has 6 heteroatoms. The van der Waals surface area contributed by atoms with Crippen LogP contribution in [-0.2, 0) is 16.0 Å². The Kier molecular flexibility index (Phi) is 6.37. The number of para-hydroxylation sites is 1. The van der Waals surface area contributed by atoms with Crippen molar-refractivity contribution in [1.82, 2.24) is 10.3 Å². The van der Waals surface area contributed by atoms with E-state index in [0.717, 1.165) is 23.2 Å². The topological polar surface area (TPSA) is 65.2 Å². The summed E-state index contributed by atoms with van der Waals surface area (Å²) < 4.78 is 0. The summed E-state index contributed by atoms with van der Waals surface area (Å²) in [4.78, 5) is 29.2. The minimum Gasteiger partial charge on any atom is -0.361 e. The molecule has 146 valence electrons. The van der Waals surface area contributed by atoms with Crippen LogP contribution in [0.4, 0.5) is 5.69 Å². The number of rotatable bonds is 7. The molecule has 2 aromatic carbocycles. The molecule has 5 nitrogen and oxygen atoms in total. The first-order valence-electron chi connectivity index (χ1n) is 9.31. The van der Waals surface area contributed by atoms with E-state index in [1.165, 1.54) is 17.9 Å². The summed E-state index contributed by atoms with van der Waals surface area (Å²) in [5.41, 5.74) is 3.96. The number of halogens is 1. The Morgan fingerprint density at radius 2 is 1.96 bits per heavy atom. The Labute approximate surface area is 169 Å². The first kappa shape index (κ1) is 20.0. The molecule has 0 saturated heterocycles. The van der Waals surface area contributed by atoms with Gasteiger partial charge in [0.2, 0.25) is 11.8 Å². The molecule has 28 heavy (non-hydrogen) atoms. The third-order valence-corrected chi connectivity index (χ3v) is 5.02. The maximum atomic E-state index is 12.3. The number of hydrogen-bond donors (Lipinski definition) is 2. The van der Waals surface area contributed by atoms with Gasteiger partial charge in [0, 0.05) is 54.2 Å². The number of anilines is 1. The number of nitrogens with zero attached hydrogens (tertiary/aromatic N) is 1. The second-order valence-corrected chi connectivity index (χ2v) is 7.25. The average Bonchev–Trinajstić information content (AvgIpc) is 3.06. The summed E-state index contributed by atoms with van der Waals surface area (Å²) in [5.74, 6) is -0.172. The lowest BCUT2D eigenvalue weighted by molar-refractivity contribution is -0.121. The SMILES string of the molecule is CC(=O)N(CCC(=O)NCCc1c[nH]c2ccccc12)c1ccc(Cl)cc1C. The number of aromatic amines is 1. The van der Waals surface area contributed by atoms with Gasteiger partial charge in [-0.15, -0.1) is 0 Å². The van der Waals surface area contributed by atoms with Gasteiger partial charge in [-0.3, -0.25) is 9.59 Å². The van der Waals surface area contributed by atoms with Gasteiger partial charge in [0.1, 0.15) is 0 Å². The van der Waals surface area contributed by atoms with Crippen molar-refractivity contribution in [1.29, 1.82) is 0 Å². The first-order chi connectivity index (χ1) is 13.5. The zero-order chi connectivity index (χ0) is 20.1. The molecule has 0 aliphatic carbocycles. The zero-order valence-electron chi connectivity index (χ0n) is 16.1. The van der Waals surface area contributed by atoms with E-state index in [4.69, 9.17) is 11.6 Å². The molecule has 3 rings (SSSR count). The summed E-state index contributed by atoms with van der Waals surface area (Å²) in [6.07, 6.45) is 2.98. The van der Waals surface area contributed by atoms with Crippen LogP contribution in [0.1, 0.15) is 24.5 Å². The molecule has 2 amide bonds. The fourth-order valence-electron chi connectivity index (χ4n) is 3.35. The van der Waals surface area contributed by atoms with Crippen LogP contribution in [0.3, 0.4) is 0 Å². The van der Waals surface area contributed by atoms with Gasteiger partial charge in [0.25, 0.3) is 0 Å². The second kappa shape index (κ2) is 8.93. The quantitative estimate of drug-likeness (QED) is 0.626. The van der Waals surface area contributed by atoms with Gasteiger partial charge < -0.3 is 15.2 Å². The monoisotopic (exact) mass is 397 g/mol. The number of hydrogen-bond acceptors (Lipinski definition) is 2. The molecule has 3 aromatic rings. The number of amides is 2. The highest BCUT2D eigenvalue weighted by Gasteiger charge is 2.15. The molecule has 0 bridgehead atoms. The molecular weight excluding hydrogens is 374 g/mol. The predicted octanol–water partition coefficient (Wildman–Crippen LogP) is 4.23. The minimum absolute atomic E-state index is 0.0716. The van der Waals surface area contributed by atoms with E-state index in [1.807, 2.05) is 43.5 Å². The van der Waals surface area contributed by atoms with E-state index >= 15 is 0 Å². The number of aromatic nitrogens is 1. The van der Waals surface area contributed by atoms with E-state index in [9.17, 15) is 9.59 Å². The molecule has 0 aliphatic heterocycles. The maximum Gasteiger partial charge on any atom is 0.223 e. The van der Waals surface area contributed by atoms with E-state index < -0.39 is 0 Å². The lowest BCUT2D eigenvalue weighted by Crippen LogP contribution is -2.34. The van der Waals surface area contributed by atoms with E-state index in [1.54, 1.807) is 11.0 Å². The second-order valence-electron chi connectivity index (χ2n) is 6.81. The molecule has 1 aromatic heterocycles. The number of aryl methyl sites for hydroxylation is 1. The van der Waals surface area contributed by atoms with Gasteiger partial charge in [-0.2, -0.15) is 0 Å².